The van der Waals surface area contributed by atoms with Gasteiger partial charge in [-0.15, -0.1) is 0 Å². The Labute approximate surface area is 91.5 Å². The van der Waals surface area contributed by atoms with Crippen LogP contribution in [0.1, 0.15) is 26.2 Å². The van der Waals surface area contributed by atoms with Gasteiger partial charge >= 0.3 is 0 Å². The maximum atomic E-state index is 11.5. The average Bonchev–Trinajstić information content (AvgIpc) is 2.97. The molecule has 0 aromatic carbocycles. The fourth-order valence-corrected chi connectivity index (χ4v) is 1.65. The number of amides is 1. The van der Waals surface area contributed by atoms with E-state index in [-0.39, 0.29) is 17.9 Å². The van der Waals surface area contributed by atoms with Crippen LogP contribution < -0.4 is 11.1 Å². The quantitative estimate of drug-likeness (QED) is 0.649. The molecule has 0 heterocycles. The van der Waals surface area contributed by atoms with E-state index in [9.17, 15) is 4.79 Å². The molecule has 3 N–H and O–H groups in total. The van der Waals surface area contributed by atoms with Crippen LogP contribution in [0.5, 0.6) is 0 Å². The fourth-order valence-electron chi connectivity index (χ4n) is 1.65. The van der Waals surface area contributed by atoms with Crippen molar-refractivity contribution in [1.29, 1.82) is 0 Å². The van der Waals surface area contributed by atoms with Gasteiger partial charge in [0.15, 0.2) is 0 Å². The van der Waals surface area contributed by atoms with Gasteiger partial charge in [-0.25, -0.2) is 0 Å². The molecule has 0 spiro atoms. The van der Waals surface area contributed by atoms with Gasteiger partial charge in [0.05, 0.1) is 0 Å². The van der Waals surface area contributed by atoms with Crippen LogP contribution in [0.2, 0.25) is 0 Å². The first-order chi connectivity index (χ1) is 7.13. The molecule has 4 nitrogen and oxygen atoms in total. The van der Waals surface area contributed by atoms with Crippen molar-refractivity contribution < 1.29 is 9.53 Å². The number of ether oxygens (including phenoxy) is 1. The van der Waals surface area contributed by atoms with Crippen molar-refractivity contribution in [2.75, 3.05) is 20.3 Å². The second-order valence-corrected chi connectivity index (χ2v) is 4.57. The molecule has 15 heavy (non-hydrogen) atoms. The highest BCUT2D eigenvalue weighted by Gasteiger charge is 2.28. The van der Waals surface area contributed by atoms with Gasteiger partial charge in [0.1, 0.15) is 0 Å². The molecule has 1 rings (SSSR count). The Bertz CT molecular complexity index is 205. The van der Waals surface area contributed by atoms with Gasteiger partial charge in [-0.2, -0.15) is 0 Å². The Morgan fingerprint density at radius 2 is 2.27 bits per heavy atom. The van der Waals surface area contributed by atoms with Gasteiger partial charge in [0.2, 0.25) is 5.91 Å². The number of hydrogen-bond donors (Lipinski definition) is 2. The minimum absolute atomic E-state index is 0.0793. The molecule has 0 saturated heterocycles. The first-order valence-corrected chi connectivity index (χ1v) is 5.64. The molecule has 2 unspecified atom stereocenters. The summed E-state index contributed by atoms with van der Waals surface area (Å²) < 4.78 is 4.97. The number of hydrogen-bond acceptors (Lipinski definition) is 3. The van der Waals surface area contributed by atoms with E-state index in [1.54, 1.807) is 7.11 Å². The van der Waals surface area contributed by atoms with Crippen molar-refractivity contribution in [2.45, 2.75) is 32.2 Å². The molecule has 1 amide bonds. The zero-order valence-corrected chi connectivity index (χ0v) is 9.66. The minimum Gasteiger partial charge on any atom is -0.384 e. The van der Waals surface area contributed by atoms with Gasteiger partial charge in [-0.3, -0.25) is 4.79 Å². The second kappa shape index (κ2) is 6.08. The van der Waals surface area contributed by atoms with Crippen LogP contribution in [-0.4, -0.2) is 32.2 Å². The molecule has 0 aromatic heterocycles. The van der Waals surface area contributed by atoms with Crippen molar-refractivity contribution in [2.24, 2.45) is 17.6 Å². The van der Waals surface area contributed by atoms with Crippen LogP contribution in [0.4, 0.5) is 0 Å². The lowest BCUT2D eigenvalue weighted by atomic mass is 10.1. The Morgan fingerprint density at radius 3 is 2.80 bits per heavy atom. The third kappa shape index (κ3) is 5.14. The lowest BCUT2D eigenvalue weighted by Crippen LogP contribution is -2.39. The summed E-state index contributed by atoms with van der Waals surface area (Å²) in [5, 5.41) is 2.87. The van der Waals surface area contributed by atoms with Crippen LogP contribution in [0, 0.1) is 11.8 Å². The Balaban J connectivity index is 2.06. The van der Waals surface area contributed by atoms with Crippen LogP contribution in [0.15, 0.2) is 0 Å². The van der Waals surface area contributed by atoms with Gasteiger partial charge < -0.3 is 15.8 Å². The van der Waals surface area contributed by atoms with Gasteiger partial charge in [-0.05, 0) is 24.7 Å². The molecular weight excluding hydrogens is 192 g/mol. The second-order valence-electron chi connectivity index (χ2n) is 4.57. The molecule has 1 saturated carbocycles. The van der Waals surface area contributed by atoms with E-state index in [1.807, 2.05) is 6.92 Å². The maximum absolute atomic E-state index is 11.5. The van der Waals surface area contributed by atoms with Crippen molar-refractivity contribution in [3.63, 3.8) is 0 Å². The van der Waals surface area contributed by atoms with E-state index in [0.717, 1.165) is 0 Å². The zero-order chi connectivity index (χ0) is 11.3. The number of nitrogens with two attached hydrogens (primary N) is 1. The topological polar surface area (TPSA) is 64.3 Å². The molecule has 4 heteroatoms. The zero-order valence-electron chi connectivity index (χ0n) is 9.66. The maximum Gasteiger partial charge on any atom is 0.220 e. The first-order valence-electron chi connectivity index (χ1n) is 5.64. The van der Waals surface area contributed by atoms with Crippen LogP contribution in [0.3, 0.4) is 0 Å². The Kier molecular flexibility index (Phi) is 5.05. The summed E-state index contributed by atoms with van der Waals surface area (Å²) >= 11 is 0. The summed E-state index contributed by atoms with van der Waals surface area (Å²) in [5.41, 5.74) is 5.88. The van der Waals surface area contributed by atoms with Gasteiger partial charge in [0, 0.05) is 32.7 Å². The monoisotopic (exact) mass is 214 g/mol. The van der Waals surface area contributed by atoms with Crippen LogP contribution in [0.25, 0.3) is 0 Å². The molecule has 1 aliphatic carbocycles. The first kappa shape index (κ1) is 12.5. The number of methoxy groups -OCH3 is 1. The third-order valence-corrected chi connectivity index (χ3v) is 2.75. The van der Waals surface area contributed by atoms with E-state index in [4.69, 9.17) is 10.5 Å². The summed E-state index contributed by atoms with van der Waals surface area (Å²) in [7, 11) is 1.65. The largest absolute Gasteiger partial charge is 0.384 e. The summed E-state index contributed by atoms with van der Waals surface area (Å²) in [6.45, 7) is 3.25. The highest BCUT2D eigenvalue weighted by Crippen LogP contribution is 2.31. The SMILES string of the molecule is COCC(C)CC(=O)NCC(N)C1CC1. The summed E-state index contributed by atoms with van der Waals surface area (Å²) in [4.78, 5) is 11.5. The number of carbonyl (C=O) groups is 1. The summed E-state index contributed by atoms with van der Waals surface area (Å²) in [5.74, 6) is 0.990. The Hall–Kier alpha value is -0.610. The minimum atomic E-state index is 0.0793. The van der Waals surface area contributed by atoms with Crippen LogP contribution >= 0.6 is 0 Å². The van der Waals surface area contributed by atoms with E-state index < -0.39 is 0 Å². The van der Waals surface area contributed by atoms with Crippen molar-refractivity contribution in [1.82, 2.24) is 5.32 Å². The molecule has 0 aromatic rings. The molecule has 0 aliphatic heterocycles. The Morgan fingerprint density at radius 1 is 1.60 bits per heavy atom. The number of rotatable bonds is 7. The molecular formula is C11H22N2O2. The smallest absolute Gasteiger partial charge is 0.220 e. The van der Waals surface area contributed by atoms with E-state index in [0.29, 0.717) is 25.5 Å². The normalized spacial score (nSPS) is 19.7. The predicted molar refractivity (Wildman–Crippen MR) is 59.4 cm³/mol. The lowest BCUT2D eigenvalue weighted by Gasteiger charge is -2.13. The standard InChI is InChI=1S/C11H22N2O2/c1-8(7-15-2)5-11(14)13-6-10(12)9-3-4-9/h8-10H,3-7,12H2,1-2H3,(H,13,14). The number of nitrogens with one attached hydrogen (secondary N) is 1. The third-order valence-electron chi connectivity index (χ3n) is 2.75. The van der Waals surface area contributed by atoms with Crippen molar-refractivity contribution in [3.8, 4) is 0 Å². The predicted octanol–water partition coefficient (Wildman–Crippen LogP) is 0.513. The van der Waals surface area contributed by atoms with Crippen LogP contribution in [-0.2, 0) is 9.53 Å². The molecule has 88 valence electrons. The lowest BCUT2D eigenvalue weighted by molar-refractivity contribution is -0.122. The molecule has 1 fully saturated rings. The van der Waals surface area contributed by atoms with Gasteiger partial charge in [-0.1, -0.05) is 6.92 Å². The molecule has 0 radical (unpaired) electrons. The van der Waals surface area contributed by atoms with E-state index in [2.05, 4.69) is 5.32 Å². The summed E-state index contributed by atoms with van der Waals surface area (Å²) in [6.07, 6.45) is 2.96. The van der Waals surface area contributed by atoms with Gasteiger partial charge in [0.25, 0.3) is 0 Å². The molecule has 1 aliphatic rings. The molecule has 0 bridgehead atoms. The average molecular weight is 214 g/mol. The highest BCUT2D eigenvalue weighted by atomic mass is 16.5. The van der Waals surface area contributed by atoms with E-state index in [1.165, 1.54) is 12.8 Å². The van der Waals surface area contributed by atoms with Crippen molar-refractivity contribution in [3.05, 3.63) is 0 Å². The number of carbonyl (C=O) groups excluding carboxylic acids is 1. The summed E-state index contributed by atoms with van der Waals surface area (Å²) in [6, 6.07) is 0.145. The molecule has 2 atom stereocenters. The van der Waals surface area contributed by atoms with E-state index >= 15 is 0 Å². The fraction of sp³-hybridized carbons (Fsp3) is 0.909. The van der Waals surface area contributed by atoms with Crippen molar-refractivity contribution >= 4 is 5.91 Å². The highest BCUT2D eigenvalue weighted by molar-refractivity contribution is 5.76.